The number of nitrogens with one attached hydrogen (secondary N) is 1. The van der Waals surface area contributed by atoms with Gasteiger partial charge in [-0.3, -0.25) is 4.79 Å². The first-order valence-electron chi connectivity index (χ1n) is 7.30. The maximum atomic E-state index is 12.1. The molecule has 0 aliphatic heterocycles. The van der Waals surface area contributed by atoms with E-state index in [0.717, 1.165) is 18.7 Å². The summed E-state index contributed by atoms with van der Waals surface area (Å²) < 4.78 is 4.00. The van der Waals surface area contributed by atoms with E-state index in [9.17, 15) is 4.79 Å². The van der Waals surface area contributed by atoms with Crippen molar-refractivity contribution in [2.24, 2.45) is 0 Å². The highest BCUT2D eigenvalue weighted by Gasteiger charge is 2.05. The molecule has 0 aliphatic carbocycles. The van der Waals surface area contributed by atoms with Gasteiger partial charge in [-0.1, -0.05) is 0 Å². The topological polar surface area (TPSA) is 51.9 Å². The van der Waals surface area contributed by atoms with Gasteiger partial charge in [0.2, 0.25) is 0 Å². The summed E-state index contributed by atoms with van der Waals surface area (Å²) in [5.41, 5.74) is 1.72. The first-order chi connectivity index (χ1) is 10.8. The molecule has 3 rings (SSSR count). The monoisotopic (exact) mass is 294 g/mol. The molecule has 0 saturated heterocycles. The second-order valence-electron chi connectivity index (χ2n) is 5.05. The Morgan fingerprint density at radius 2 is 1.86 bits per heavy atom. The van der Waals surface area contributed by atoms with E-state index in [4.69, 9.17) is 0 Å². The number of imidazole rings is 1. The van der Waals surface area contributed by atoms with Crippen molar-refractivity contribution in [1.29, 1.82) is 0 Å². The summed E-state index contributed by atoms with van der Waals surface area (Å²) in [5, 5.41) is 2.94. The number of rotatable bonds is 6. The standard InChI is InChI=1S/C17H18N4O/c22-17(19-8-3-10-20-13-9-18-14-20)15-4-6-16(7-5-15)21-11-1-2-12-21/h1-2,4-7,9,11-14H,3,8,10H2,(H,19,22). The molecule has 2 heterocycles. The molecule has 0 unspecified atom stereocenters. The second-order valence-corrected chi connectivity index (χ2v) is 5.05. The molecule has 0 bridgehead atoms. The predicted octanol–water partition coefficient (Wildman–Crippen LogP) is 2.49. The SMILES string of the molecule is O=C(NCCCn1ccnc1)c1ccc(-n2cccc2)cc1. The van der Waals surface area contributed by atoms with Crippen molar-refractivity contribution in [3.8, 4) is 5.69 Å². The number of carbonyl (C=O) groups excluding carboxylic acids is 1. The van der Waals surface area contributed by atoms with Crippen LogP contribution in [0.2, 0.25) is 0 Å². The van der Waals surface area contributed by atoms with E-state index >= 15 is 0 Å². The Bertz CT molecular complexity index is 700. The molecule has 0 radical (unpaired) electrons. The highest BCUT2D eigenvalue weighted by Crippen LogP contribution is 2.10. The average Bonchev–Trinajstić information content (AvgIpc) is 3.25. The fraction of sp³-hybridized carbons (Fsp3) is 0.176. The molecule has 1 N–H and O–H groups in total. The molecule has 3 aromatic rings. The molecular formula is C17H18N4O. The van der Waals surface area contributed by atoms with Gasteiger partial charge < -0.3 is 14.5 Å². The molecule has 5 heteroatoms. The van der Waals surface area contributed by atoms with Crippen LogP contribution in [0.25, 0.3) is 5.69 Å². The third-order valence-corrected chi connectivity index (χ3v) is 3.47. The van der Waals surface area contributed by atoms with E-state index in [-0.39, 0.29) is 5.91 Å². The summed E-state index contributed by atoms with van der Waals surface area (Å²) in [4.78, 5) is 16.1. The third-order valence-electron chi connectivity index (χ3n) is 3.47. The molecule has 0 atom stereocenters. The van der Waals surface area contributed by atoms with Gasteiger partial charge in [-0.15, -0.1) is 0 Å². The number of carbonyl (C=O) groups is 1. The molecule has 0 fully saturated rings. The zero-order valence-corrected chi connectivity index (χ0v) is 12.2. The summed E-state index contributed by atoms with van der Waals surface area (Å²) in [6, 6.07) is 11.5. The van der Waals surface area contributed by atoms with Crippen LogP contribution < -0.4 is 5.32 Å². The zero-order chi connectivity index (χ0) is 15.2. The van der Waals surface area contributed by atoms with Gasteiger partial charge in [0.1, 0.15) is 0 Å². The lowest BCUT2D eigenvalue weighted by Gasteiger charge is -2.07. The van der Waals surface area contributed by atoms with Crippen LogP contribution in [0.4, 0.5) is 0 Å². The fourth-order valence-corrected chi connectivity index (χ4v) is 2.28. The summed E-state index contributed by atoms with van der Waals surface area (Å²) in [6.45, 7) is 1.50. The number of amides is 1. The van der Waals surface area contributed by atoms with Crippen LogP contribution in [0.15, 0.2) is 67.5 Å². The van der Waals surface area contributed by atoms with Gasteiger partial charge in [-0.2, -0.15) is 0 Å². The Kier molecular flexibility index (Phi) is 4.34. The van der Waals surface area contributed by atoms with Gasteiger partial charge in [0.25, 0.3) is 5.91 Å². The quantitative estimate of drug-likeness (QED) is 0.710. The van der Waals surface area contributed by atoms with Crippen molar-refractivity contribution in [2.75, 3.05) is 6.54 Å². The van der Waals surface area contributed by atoms with Crippen molar-refractivity contribution in [3.05, 3.63) is 73.1 Å². The largest absolute Gasteiger partial charge is 0.352 e. The summed E-state index contributed by atoms with van der Waals surface area (Å²) in [7, 11) is 0. The maximum absolute atomic E-state index is 12.1. The maximum Gasteiger partial charge on any atom is 0.251 e. The van der Waals surface area contributed by atoms with Crippen molar-refractivity contribution in [2.45, 2.75) is 13.0 Å². The molecular weight excluding hydrogens is 276 g/mol. The van der Waals surface area contributed by atoms with Crippen molar-refractivity contribution >= 4 is 5.91 Å². The highest BCUT2D eigenvalue weighted by molar-refractivity contribution is 5.94. The Morgan fingerprint density at radius 1 is 1.09 bits per heavy atom. The number of aryl methyl sites for hydroxylation is 1. The number of hydrogen-bond acceptors (Lipinski definition) is 2. The van der Waals surface area contributed by atoms with Crippen LogP contribution in [-0.4, -0.2) is 26.6 Å². The molecule has 112 valence electrons. The van der Waals surface area contributed by atoms with Crippen molar-refractivity contribution < 1.29 is 4.79 Å². The Morgan fingerprint density at radius 3 is 2.55 bits per heavy atom. The van der Waals surface area contributed by atoms with E-state index in [2.05, 4.69) is 10.3 Å². The lowest BCUT2D eigenvalue weighted by molar-refractivity contribution is 0.0952. The Labute approximate surface area is 129 Å². The minimum absolute atomic E-state index is 0.0373. The molecule has 0 aliphatic rings. The van der Waals surface area contributed by atoms with E-state index in [1.807, 2.05) is 64.1 Å². The zero-order valence-electron chi connectivity index (χ0n) is 12.2. The highest BCUT2D eigenvalue weighted by atomic mass is 16.1. The van der Waals surface area contributed by atoms with E-state index in [1.54, 1.807) is 12.5 Å². The smallest absolute Gasteiger partial charge is 0.251 e. The van der Waals surface area contributed by atoms with Crippen LogP contribution >= 0.6 is 0 Å². The second kappa shape index (κ2) is 6.76. The summed E-state index contributed by atoms with van der Waals surface area (Å²) >= 11 is 0. The lowest BCUT2D eigenvalue weighted by atomic mass is 10.2. The van der Waals surface area contributed by atoms with Gasteiger partial charge in [-0.25, -0.2) is 4.98 Å². The third kappa shape index (κ3) is 3.44. The average molecular weight is 294 g/mol. The normalized spacial score (nSPS) is 10.5. The molecule has 0 saturated carbocycles. The summed E-state index contributed by atoms with van der Waals surface area (Å²) in [6.07, 6.45) is 10.3. The molecule has 2 aromatic heterocycles. The summed E-state index contributed by atoms with van der Waals surface area (Å²) in [5.74, 6) is -0.0373. The van der Waals surface area contributed by atoms with E-state index in [0.29, 0.717) is 12.1 Å². The minimum Gasteiger partial charge on any atom is -0.352 e. The minimum atomic E-state index is -0.0373. The number of benzene rings is 1. The van der Waals surface area contributed by atoms with Crippen LogP contribution in [0.5, 0.6) is 0 Å². The number of aromatic nitrogens is 3. The van der Waals surface area contributed by atoms with E-state index < -0.39 is 0 Å². The van der Waals surface area contributed by atoms with Crippen molar-refractivity contribution in [3.63, 3.8) is 0 Å². The van der Waals surface area contributed by atoms with Gasteiger partial charge in [0, 0.05) is 49.1 Å². The van der Waals surface area contributed by atoms with E-state index in [1.165, 1.54) is 0 Å². The van der Waals surface area contributed by atoms with Crippen LogP contribution in [0.3, 0.4) is 0 Å². The molecule has 1 aromatic carbocycles. The van der Waals surface area contributed by atoms with Gasteiger partial charge in [0.05, 0.1) is 6.33 Å². The van der Waals surface area contributed by atoms with Crippen LogP contribution in [0, 0.1) is 0 Å². The van der Waals surface area contributed by atoms with Crippen molar-refractivity contribution in [1.82, 2.24) is 19.4 Å². The first kappa shape index (κ1) is 14.1. The Hall–Kier alpha value is -2.82. The Balaban J connectivity index is 1.49. The van der Waals surface area contributed by atoms with Gasteiger partial charge in [-0.05, 0) is 42.8 Å². The molecule has 1 amide bonds. The number of hydrogen-bond donors (Lipinski definition) is 1. The van der Waals surface area contributed by atoms with Gasteiger partial charge in [0.15, 0.2) is 0 Å². The molecule has 22 heavy (non-hydrogen) atoms. The first-order valence-corrected chi connectivity index (χ1v) is 7.30. The number of nitrogens with zero attached hydrogens (tertiary/aromatic N) is 3. The molecule has 0 spiro atoms. The predicted molar refractivity (Wildman–Crippen MR) is 84.9 cm³/mol. The van der Waals surface area contributed by atoms with Crippen LogP contribution in [0.1, 0.15) is 16.8 Å². The van der Waals surface area contributed by atoms with Crippen LogP contribution in [-0.2, 0) is 6.54 Å². The lowest BCUT2D eigenvalue weighted by Crippen LogP contribution is -2.25. The molecule has 5 nitrogen and oxygen atoms in total. The van der Waals surface area contributed by atoms with Gasteiger partial charge >= 0.3 is 0 Å². The fourth-order valence-electron chi connectivity index (χ4n) is 2.28.